The molecule has 4 nitrogen and oxygen atoms in total. The molecule has 128 valence electrons. The lowest BCUT2D eigenvalue weighted by Gasteiger charge is -2.29. The maximum atomic E-state index is 12.5. The fourth-order valence-electron chi connectivity index (χ4n) is 3.53. The lowest BCUT2D eigenvalue weighted by atomic mass is 9.96. The van der Waals surface area contributed by atoms with Gasteiger partial charge in [0.05, 0.1) is 17.3 Å². The molecule has 0 radical (unpaired) electrons. The summed E-state index contributed by atoms with van der Waals surface area (Å²) >= 11 is 6.41. The summed E-state index contributed by atoms with van der Waals surface area (Å²) in [4.78, 5) is 17.0. The minimum atomic E-state index is 0.0519. The fourth-order valence-corrected chi connectivity index (χ4v) is 3.83. The van der Waals surface area contributed by atoms with Crippen LogP contribution in [0.25, 0.3) is 0 Å². The molecule has 0 aromatic heterocycles. The third kappa shape index (κ3) is 4.03. The standard InChI is InChI=1S/C19H24ClN3O/c1-2-9-22-12-7-15(8-13-22)19(24)21-16-5-6-18(17(20)14-16)23-10-3-4-11-23/h1,5-6,14-15H,3-4,7-13H2,(H,21,24). The molecule has 2 saturated heterocycles. The number of rotatable bonds is 4. The average Bonchev–Trinajstić information content (AvgIpc) is 3.10. The highest BCUT2D eigenvalue weighted by molar-refractivity contribution is 6.33. The number of nitrogens with zero attached hydrogens (tertiary/aromatic N) is 2. The van der Waals surface area contributed by atoms with E-state index in [1.807, 2.05) is 18.2 Å². The van der Waals surface area contributed by atoms with Crippen LogP contribution in [-0.4, -0.2) is 43.5 Å². The molecule has 2 heterocycles. The molecule has 0 unspecified atom stereocenters. The Bertz CT molecular complexity index is 626. The van der Waals surface area contributed by atoms with E-state index in [0.717, 1.165) is 50.4 Å². The minimum Gasteiger partial charge on any atom is -0.370 e. The number of carbonyl (C=O) groups excluding carboxylic acids is 1. The number of anilines is 2. The molecule has 0 aliphatic carbocycles. The van der Waals surface area contributed by atoms with Gasteiger partial charge in [0, 0.05) is 24.7 Å². The number of hydrogen-bond acceptors (Lipinski definition) is 3. The Kier molecular flexibility index (Phi) is 5.65. The third-order valence-electron chi connectivity index (χ3n) is 4.94. The summed E-state index contributed by atoms with van der Waals surface area (Å²) in [6, 6.07) is 5.82. The van der Waals surface area contributed by atoms with Gasteiger partial charge in [-0.05, 0) is 57.0 Å². The first kappa shape index (κ1) is 17.1. The van der Waals surface area contributed by atoms with E-state index in [2.05, 4.69) is 21.0 Å². The number of carbonyl (C=O) groups is 1. The number of amides is 1. The molecule has 0 saturated carbocycles. The van der Waals surface area contributed by atoms with Crippen molar-refractivity contribution in [2.75, 3.05) is 42.9 Å². The van der Waals surface area contributed by atoms with Crippen LogP contribution >= 0.6 is 11.6 Å². The molecule has 2 aliphatic rings. The number of nitrogens with one attached hydrogen (secondary N) is 1. The van der Waals surface area contributed by atoms with Crippen LogP contribution in [0, 0.1) is 18.3 Å². The number of hydrogen-bond donors (Lipinski definition) is 1. The van der Waals surface area contributed by atoms with E-state index >= 15 is 0 Å². The van der Waals surface area contributed by atoms with Gasteiger partial charge in [0.25, 0.3) is 0 Å². The summed E-state index contributed by atoms with van der Waals surface area (Å²) in [5.74, 6) is 2.80. The normalized spacial score (nSPS) is 19.2. The zero-order valence-electron chi connectivity index (χ0n) is 13.9. The second-order valence-corrected chi connectivity index (χ2v) is 7.01. The zero-order chi connectivity index (χ0) is 16.9. The molecule has 0 spiro atoms. The summed E-state index contributed by atoms with van der Waals surface area (Å²) in [5, 5.41) is 3.72. The Morgan fingerprint density at radius 1 is 1.25 bits per heavy atom. The summed E-state index contributed by atoms with van der Waals surface area (Å²) in [7, 11) is 0. The lowest BCUT2D eigenvalue weighted by Crippen LogP contribution is -2.38. The highest BCUT2D eigenvalue weighted by Crippen LogP contribution is 2.31. The molecule has 3 rings (SSSR count). The van der Waals surface area contributed by atoms with Crippen molar-refractivity contribution >= 4 is 28.9 Å². The van der Waals surface area contributed by atoms with Crippen LogP contribution in [0.3, 0.4) is 0 Å². The average molecular weight is 346 g/mol. The van der Waals surface area contributed by atoms with E-state index in [0.29, 0.717) is 11.6 Å². The third-order valence-corrected chi connectivity index (χ3v) is 5.24. The molecule has 1 N–H and O–H groups in total. The summed E-state index contributed by atoms with van der Waals surface area (Å²) < 4.78 is 0. The van der Waals surface area contributed by atoms with Crippen molar-refractivity contribution in [3.63, 3.8) is 0 Å². The number of benzene rings is 1. The van der Waals surface area contributed by atoms with Crippen LogP contribution in [-0.2, 0) is 4.79 Å². The Morgan fingerprint density at radius 2 is 1.96 bits per heavy atom. The van der Waals surface area contributed by atoms with E-state index < -0.39 is 0 Å². The van der Waals surface area contributed by atoms with Crippen molar-refractivity contribution in [1.29, 1.82) is 0 Å². The molecular formula is C19H24ClN3O. The van der Waals surface area contributed by atoms with Crippen molar-refractivity contribution in [3.8, 4) is 12.3 Å². The van der Waals surface area contributed by atoms with Crippen LogP contribution in [0.2, 0.25) is 5.02 Å². The van der Waals surface area contributed by atoms with Gasteiger partial charge in [0.1, 0.15) is 0 Å². The SMILES string of the molecule is C#CCN1CCC(C(=O)Nc2ccc(N3CCCC3)c(Cl)c2)CC1. The largest absolute Gasteiger partial charge is 0.370 e. The summed E-state index contributed by atoms with van der Waals surface area (Å²) in [5.41, 5.74) is 1.84. The van der Waals surface area contributed by atoms with Gasteiger partial charge in [-0.25, -0.2) is 0 Å². The van der Waals surface area contributed by atoms with Gasteiger partial charge < -0.3 is 10.2 Å². The van der Waals surface area contributed by atoms with E-state index in [4.69, 9.17) is 18.0 Å². The fraction of sp³-hybridized carbons (Fsp3) is 0.526. The summed E-state index contributed by atoms with van der Waals surface area (Å²) in [6.45, 7) is 4.55. The Hall–Kier alpha value is -1.70. The van der Waals surface area contributed by atoms with Crippen LogP contribution in [0.4, 0.5) is 11.4 Å². The molecule has 1 amide bonds. The van der Waals surface area contributed by atoms with Crippen molar-refractivity contribution in [2.45, 2.75) is 25.7 Å². The first-order valence-electron chi connectivity index (χ1n) is 8.68. The number of terminal acetylenes is 1. The van der Waals surface area contributed by atoms with E-state index in [9.17, 15) is 4.79 Å². The first-order valence-corrected chi connectivity index (χ1v) is 9.06. The van der Waals surface area contributed by atoms with E-state index in [1.165, 1.54) is 12.8 Å². The van der Waals surface area contributed by atoms with Crippen LogP contribution in [0.5, 0.6) is 0 Å². The molecule has 24 heavy (non-hydrogen) atoms. The first-order chi connectivity index (χ1) is 11.7. The van der Waals surface area contributed by atoms with Gasteiger partial charge in [-0.3, -0.25) is 9.69 Å². The van der Waals surface area contributed by atoms with Gasteiger partial charge in [-0.2, -0.15) is 0 Å². The van der Waals surface area contributed by atoms with Gasteiger partial charge in [-0.15, -0.1) is 6.42 Å². The Balaban J connectivity index is 1.57. The number of halogens is 1. The predicted octanol–water partition coefficient (Wildman–Crippen LogP) is 3.22. The quantitative estimate of drug-likeness (QED) is 0.851. The van der Waals surface area contributed by atoms with Crippen molar-refractivity contribution in [1.82, 2.24) is 4.90 Å². The molecular weight excluding hydrogens is 322 g/mol. The number of piperidine rings is 1. The highest BCUT2D eigenvalue weighted by atomic mass is 35.5. The Morgan fingerprint density at radius 3 is 2.58 bits per heavy atom. The highest BCUT2D eigenvalue weighted by Gasteiger charge is 2.25. The van der Waals surface area contributed by atoms with Crippen molar-refractivity contribution in [3.05, 3.63) is 23.2 Å². The topological polar surface area (TPSA) is 35.6 Å². The second kappa shape index (κ2) is 7.92. The van der Waals surface area contributed by atoms with E-state index in [1.54, 1.807) is 0 Å². The van der Waals surface area contributed by atoms with Crippen molar-refractivity contribution < 1.29 is 4.79 Å². The summed E-state index contributed by atoms with van der Waals surface area (Å²) in [6.07, 6.45) is 9.48. The zero-order valence-corrected chi connectivity index (χ0v) is 14.7. The van der Waals surface area contributed by atoms with Gasteiger partial charge in [0.2, 0.25) is 5.91 Å². The Labute approximate surface area is 149 Å². The molecule has 0 atom stereocenters. The lowest BCUT2D eigenvalue weighted by molar-refractivity contribution is -0.121. The maximum Gasteiger partial charge on any atom is 0.227 e. The van der Waals surface area contributed by atoms with Crippen LogP contribution in [0.15, 0.2) is 18.2 Å². The molecule has 0 bridgehead atoms. The monoisotopic (exact) mass is 345 g/mol. The van der Waals surface area contributed by atoms with Crippen LogP contribution < -0.4 is 10.2 Å². The molecule has 2 fully saturated rings. The molecule has 2 aliphatic heterocycles. The number of likely N-dealkylation sites (tertiary alicyclic amines) is 1. The van der Waals surface area contributed by atoms with Crippen LogP contribution in [0.1, 0.15) is 25.7 Å². The molecule has 5 heteroatoms. The maximum absolute atomic E-state index is 12.5. The van der Waals surface area contributed by atoms with Gasteiger partial charge in [0.15, 0.2) is 0 Å². The molecule has 1 aromatic rings. The molecule has 1 aromatic carbocycles. The van der Waals surface area contributed by atoms with Gasteiger partial charge in [-0.1, -0.05) is 17.5 Å². The predicted molar refractivity (Wildman–Crippen MR) is 99.5 cm³/mol. The second-order valence-electron chi connectivity index (χ2n) is 6.60. The minimum absolute atomic E-state index is 0.0519. The van der Waals surface area contributed by atoms with Crippen molar-refractivity contribution in [2.24, 2.45) is 5.92 Å². The van der Waals surface area contributed by atoms with Gasteiger partial charge >= 0.3 is 0 Å². The van der Waals surface area contributed by atoms with E-state index in [-0.39, 0.29) is 11.8 Å². The smallest absolute Gasteiger partial charge is 0.227 e.